The lowest BCUT2D eigenvalue weighted by atomic mass is 10.1. The predicted octanol–water partition coefficient (Wildman–Crippen LogP) is 8.28. The quantitative estimate of drug-likeness (QED) is 0.153. The Hall–Kier alpha value is -4.40. The minimum Gasteiger partial charge on any atom is -0.494 e. The SMILES string of the molecule is C(#Cc1ccc(OCCCCCCCCOc2ccc(C#Cc3ccccc3)cc2)cc1)c1ccccc1. The Kier molecular flexibility index (Phi) is 11.0. The van der Waals surface area contributed by atoms with Crippen LogP contribution in [0.2, 0.25) is 0 Å². The van der Waals surface area contributed by atoms with Crippen LogP contribution in [0.15, 0.2) is 109 Å². The fourth-order valence-electron chi connectivity index (χ4n) is 3.89. The summed E-state index contributed by atoms with van der Waals surface area (Å²) in [7, 11) is 0. The lowest BCUT2D eigenvalue weighted by Gasteiger charge is -2.07. The number of hydrogen-bond acceptors (Lipinski definition) is 2. The van der Waals surface area contributed by atoms with E-state index in [-0.39, 0.29) is 0 Å². The molecule has 0 unspecified atom stereocenters. The Balaban J connectivity index is 1.01. The van der Waals surface area contributed by atoms with Crippen molar-refractivity contribution in [2.24, 2.45) is 0 Å². The largest absolute Gasteiger partial charge is 0.494 e. The molecular weight excluding hydrogens is 464 g/mol. The van der Waals surface area contributed by atoms with Gasteiger partial charge in [-0.25, -0.2) is 0 Å². The molecule has 0 saturated carbocycles. The van der Waals surface area contributed by atoms with Gasteiger partial charge in [-0.2, -0.15) is 0 Å². The summed E-state index contributed by atoms with van der Waals surface area (Å²) in [4.78, 5) is 0. The zero-order valence-corrected chi connectivity index (χ0v) is 21.9. The Morgan fingerprint density at radius 2 is 0.658 bits per heavy atom. The van der Waals surface area contributed by atoms with Crippen LogP contribution in [0.25, 0.3) is 0 Å². The maximum absolute atomic E-state index is 5.89. The first kappa shape index (κ1) is 26.7. The number of unbranched alkanes of at least 4 members (excludes halogenated alkanes) is 5. The van der Waals surface area contributed by atoms with Crippen LogP contribution in [0.3, 0.4) is 0 Å². The smallest absolute Gasteiger partial charge is 0.119 e. The van der Waals surface area contributed by atoms with Gasteiger partial charge in [-0.3, -0.25) is 0 Å². The number of rotatable bonds is 11. The van der Waals surface area contributed by atoms with Crippen LogP contribution in [-0.2, 0) is 0 Å². The highest BCUT2D eigenvalue weighted by Gasteiger charge is 1.97. The van der Waals surface area contributed by atoms with Crippen molar-refractivity contribution in [3.05, 3.63) is 131 Å². The predicted molar refractivity (Wildman–Crippen MR) is 156 cm³/mol. The second-order valence-electron chi connectivity index (χ2n) is 9.10. The molecule has 0 aromatic heterocycles. The maximum Gasteiger partial charge on any atom is 0.119 e. The van der Waals surface area contributed by atoms with Gasteiger partial charge in [0.25, 0.3) is 0 Å². The van der Waals surface area contributed by atoms with Crippen molar-refractivity contribution in [1.29, 1.82) is 0 Å². The minimum atomic E-state index is 0.754. The van der Waals surface area contributed by atoms with Gasteiger partial charge in [0.2, 0.25) is 0 Å². The molecule has 0 aliphatic heterocycles. The van der Waals surface area contributed by atoms with E-state index in [1.54, 1.807) is 0 Å². The van der Waals surface area contributed by atoms with E-state index in [9.17, 15) is 0 Å². The third-order valence-electron chi connectivity index (χ3n) is 6.03. The molecule has 0 N–H and O–H groups in total. The van der Waals surface area contributed by atoms with Gasteiger partial charge in [0, 0.05) is 22.3 Å². The monoisotopic (exact) mass is 498 g/mol. The van der Waals surface area contributed by atoms with Crippen LogP contribution >= 0.6 is 0 Å². The molecule has 0 atom stereocenters. The molecular formula is C36H34O2. The first-order valence-corrected chi connectivity index (χ1v) is 13.4. The molecule has 0 bridgehead atoms. The van der Waals surface area contributed by atoms with E-state index < -0.39 is 0 Å². The third kappa shape index (κ3) is 9.93. The highest BCUT2D eigenvalue weighted by Crippen LogP contribution is 2.15. The van der Waals surface area contributed by atoms with E-state index in [0.29, 0.717) is 0 Å². The molecule has 0 aliphatic rings. The average molecular weight is 499 g/mol. The number of ether oxygens (including phenoxy) is 2. The van der Waals surface area contributed by atoms with Crippen molar-refractivity contribution < 1.29 is 9.47 Å². The molecule has 0 amide bonds. The van der Waals surface area contributed by atoms with Crippen LogP contribution < -0.4 is 9.47 Å². The standard InChI is InChI=1S/C36H34O2/c1(3-11-29-37-35-25-21-33(22-26-35)19-17-31-13-7-5-8-14-31)2-4-12-30-38-36-27-23-34(24-28-36)20-18-32-15-9-6-10-16-32/h5-10,13-16,21-28H,1-4,11-12,29-30H2. The molecule has 38 heavy (non-hydrogen) atoms. The fourth-order valence-corrected chi connectivity index (χ4v) is 3.89. The molecule has 4 rings (SSSR count). The van der Waals surface area contributed by atoms with Crippen LogP contribution in [-0.4, -0.2) is 13.2 Å². The molecule has 0 spiro atoms. The van der Waals surface area contributed by atoms with E-state index in [4.69, 9.17) is 9.47 Å². The van der Waals surface area contributed by atoms with Crippen LogP contribution in [0.1, 0.15) is 60.8 Å². The lowest BCUT2D eigenvalue weighted by Crippen LogP contribution is -1.98. The molecule has 4 aromatic carbocycles. The molecule has 2 heteroatoms. The summed E-state index contributed by atoms with van der Waals surface area (Å²) in [6.45, 7) is 1.51. The number of hydrogen-bond donors (Lipinski definition) is 0. The number of benzene rings is 4. The zero-order chi connectivity index (χ0) is 26.1. The van der Waals surface area contributed by atoms with Gasteiger partial charge in [-0.15, -0.1) is 0 Å². The van der Waals surface area contributed by atoms with E-state index in [1.165, 1.54) is 25.7 Å². The van der Waals surface area contributed by atoms with Crippen molar-refractivity contribution in [2.45, 2.75) is 38.5 Å². The van der Waals surface area contributed by atoms with Gasteiger partial charge in [0.1, 0.15) is 11.5 Å². The van der Waals surface area contributed by atoms with Gasteiger partial charge in [-0.1, -0.05) is 85.8 Å². The van der Waals surface area contributed by atoms with E-state index in [2.05, 4.69) is 23.7 Å². The topological polar surface area (TPSA) is 18.5 Å². The Morgan fingerprint density at radius 3 is 1.03 bits per heavy atom. The maximum atomic E-state index is 5.89. The first-order chi connectivity index (χ1) is 18.8. The molecule has 190 valence electrons. The highest BCUT2D eigenvalue weighted by atomic mass is 16.5. The van der Waals surface area contributed by atoms with Crippen molar-refractivity contribution in [3.63, 3.8) is 0 Å². The van der Waals surface area contributed by atoms with Gasteiger partial charge < -0.3 is 9.47 Å². The summed E-state index contributed by atoms with van der Waals surface area (Å²) in [5, 5.41) is 0. The van der Waals surface area contributed by atoms with E-state index >= 15 is 0 Å². The normalized spacial score (nSPS) is 10.0. The molecule has 4 aromatic rings. The van der Waals surface area contributed by atoms with E-state index in [0.717, 1.165) is 59.8 Å². The second kappa shape index (κ2) is 15.7. The lowest BCUT2D eigenvalue weighted by molar-refractivity contribution is 0.297. The molecule has 0 aliphatic carbocycles. The summed E-state index contributed by atoms with van der Waals surface area (Å²) < 4.78 is 11.8. The van der Waals surface area contributed by atoms with Gasteiger partial charge in [-0.05, 0) is 85.6 Å². The molecule has 0 saturated heterocycles. The Labute approximate surface area is 227 Å². The fraction of sp³-hybridized carbons (Fsp3) is 0.222. The summed E-state index contributed by atoms with van der Waals surface area (Å²) in [5.74, 6) is 14.6. The van der Waals surface area contributed by atoms with Crippen molar-refractivity contribution in [2.75, 3.05) is 13.2 Å². The molecule has 0 radical (unpaired) electrons. The molecule has 2 nitrogen and oxygen atoms in total. The van der Waals surface area contributed by atoms with Gasteiger partial charge >= 0.3 is 0 Å². The van der Waals surface area contributed by atoms with Crippen molar-refractivity contribution >= 4 is 0 Å². The second-order valence-corrected chi connectivity index (χ2v) is 9.10. The Morgan fingerprint density at radius 1 is 0.342 bits per heavy atom. The van der Waals surface area contributed by atoms with E-state index in [1.807, 2.05) is 109 Å². The molecule has 0 heterocycles. The highest BCUT2D eigenvalue weighted by molar-refractivity contribution is 5.45. The summed E-state index contributed by atoms with van der Waals surface area (Å²) in [5.41, 5.74) is 4.04. The van der Waals surface area contributed by atoms with Gasteiger partial charge in [0.05, 0.1) is 13.2 Å². The summed E-state index contributed by atoms with van der Waals surface area (Å²) in [6, 6.07) is 36.1. The van der Waals surface area contributed by atoms with Crippen LogP contribution in [0.4, 0.5) is 0 Å². The minimum absolute atomic E-state index is 0.754. The first-order valence-electron chi connectivity index (χ1n) is 13.4. The summed E-state index contributed by atoms with van der Waals surface area (Å²) >= 11 is 0. The van der Waals surface area contributed by atoms with Crippen LogP contribution in [0, 0.1) is 23.7 Å². The van der Waals surface area contributed by atoms with Gasteiger partial charge in [0.15, 0.2) is 0 Å². The Bertz CT molecular complexity index is 1230. The van der Waals surface area contributed by atoms with Crippen molar-refractivity contribution in [1.82, 2.24) is 0 Å². The molecule has 0 fully saturated rings. The summed E-state index contributed by atoms with van der Waals surface area (Å²) in [6.07, 6.45) is 6.98. The average Bonchev–Trinajstić information content (AvgIpc) is 2.98. The zero-order valence-electron chi connectivity index (χ0n) is 21.9. The third-order valence-corrected chi connectivity index (χ3v) is 6.03. The van der Waals surface area contributed by atoms with Crippen molar-refractivity contribution in [3.8, 4) is 35.2 Å². The van der Waals surface area contributed by atoms with Crippen LogP contribution in [0.5, 0.6) is 11.5 Å².